The molecule has 1 amide bonds. The van der Waals surface area contributed by atoms with E-state index in [0.717, 1.165) is 24.5 Å². The maximum absolute atomic E-state index is 15.5. The summed E-state index contributed by atoms with van der Waals surface area (Å²) >= 11 is 0. The topological polar surface area (TPSA) is 69.6 Å². The maximum atomic E-state index is 15.5. The van der Waals surface area contributed by atoms with Gasteiger partial charge in [0.25, 0.3) is 0 Å². The van der Waals surface area contributed by atoms with Gasteiger partial charge in [-0.2, -0.15) is 13.2 Å². The lowest BCUT2D eigenvalue weighted by Crippen LogP contribution is -2.48. The Bertz CT molecular complexity index is 1230. The van der Waals surface area contributed by atoms with Crippen LogP contribution in [0.1, 0.15) is 5.56 Å². The van der Waals surface area contributed by atoms with E-state index >= 15 is 4.39 Å². The lowest BCUT2D eigenvalue weighted by Gasteiger charge is -2.35. The Balaban J connectivity index is 1.90. The van der Waals surface area contributed by atoms with Crippen LogP contribution < -0.4 is 4.90 Å². The summed E-state index contributed by atoms with van der Waals surface area (Å²) in [5.74, 6) is -3.70. The van der Waals surface area contributed by atoms with Crippen LogP contribution in [0.3, 0.4) is 0 Å². The van der Waals surface area contributed by atoms with Crippen LogP contribution in [-0.4, -0.2) is 52.1 Å². The van der Waals surface area contributed by atoms with Gasteiger partial charge in [0.15, 0.2) is 5.82 Å². The third-order valence-corrected chi connectivity index (χ3v) is 5.46. The number of amides is 1. The molecular weight excluding hydrogens is 447 g/mol. The molecule has 0 spiro atoms. The van der Waals surface area contributed by atoms with Crippen LogP contribution in [0.2, 0.25) is 0 Å². The van der Waals surface area contributed by atoms with Crippen molar-refractivity contribution >= 4 is 22.6 Å². The molecule has 3 aromatic rings. The van der Waals surface area contributed by atoms with Gasteiger partial charge >= 0.3 is 6.18 Å². The Morgan fingerprint density at radius 2 is 1.79 bits per heavy atom. The summed E-state index contributed by atoms with van der Waals surface area (Å²) in [5.41, 5.74) is -3.95. The van der Waals surface area contributed by atoms with E-state index in [9.17, 15) is 27.5 Å². The van der Waals surface area contributed by atoms with Crippen molar-refractivity contribution in [2.75, 3.05) is 31.1 Å². The van der Waals surface area contributed by atoms with E-state index < -0.39 is 45.8 Å². The molecule has 1 aliphatic heterocycles. The number of carbonyl (C=O) groups excluding carboxylic acids is 1. The van der Waals surface area contributed by atoms with Gasteiger partial charge in [-0.25, -0.2) is 18.7 Å². The van der Waals surface area contributed by atoms with Crippen LogP contribution in [-0.2, 0) is 11.0 Å². The first-order valence-electron chi connectivity index (χ1n) is 9.82. The molecule has 11 heteroatoms. The lowest BCUT2D eigenvalue weighted by molar-refractivity contribution is -0.137. The highest BCUT2D eigenvalue weighted by Gasteiger charge is 2.38. The van der Waals surface area contributed by atoms with Crippen molar-refractivity contribution in [2.45, 2.75) is 6.18 Å². The van der Waals surface area contributed by atoms with Gasteiger partial charge < -0.3 is 14.9 Å². The summed E-state index contributed by atoms with van der Waals surface area (Å²) in [6.07, 6.45) is -2.90. The van der Waals surface area contributed by atoms with Crippen LogP contribution in [0, 0.1) is 11.6 Å². The summed E-state index contributed by atoms with van der Waals surface area (Å²) in [5, 5.41) is 9.81. The number of fused-ring (bicyclic) bond motifs is 1. The lowest BCUT2D eigenvalue weighted by atomic mass is 9.95. The number of phenolic OH excluding ortho intramolecular Hbond substituents is 1. The van der Waals surface area contributed by atoms with Crippen LogP contribution in [0.25, 0.3) is 22.0 Å². The van der Waals surface area contributed by atoms with Crippen molar-refractivity contribution < 1.29 is 31.9 Å². The van der Waals surface area contributed by atoms with Crippen molar-refractivity contribution in [2.24, 2.45) is 0 Å². The van der Waals surface area contributed by atoms with Crippen LogP contribution >= 0.6 is 0 Å². The largest absolute Gasteiger partial charge is 0.507 e. The second-order valence-corrected chi connectivity index (χ2v) is 7.35. The van der Waals surface area contributed by atoms with E-state index in [2.05, 4.69) is 16.5 Å². The van der Waals surface area contributed by atoms with Crippen molar-refractivity contribution in [3.8, 4) is 16.9 Å². The first-order chi connectivity index (χ1) is 15.6. The summed E-state index contributed by atoms with van der Waals surface area (Å²) in [6, 6.07) is 3.56. The van der Waals surface area contributed by atoms with Gasteiger partial charge in [-0.3, -0.25) is 4.79 Å². The molecule has 1 aliphatic rings. The summed E-state index contributed by atoms with van der Waals surface area (Å²) in [7, 11) is 0. The van der Waals surface area contributed by atoms with Gasteiger partial charge in [0.1, 0.15) is 29.2 Å². The zero-order valence-corrected chi connectivity index (χ0v) is 17.0. The molecule has 0 aliphatic carbocycles. The van der Waals surface area contributed by atoms with Gasteiger partial charge in [0.05, 0.1) is 11.1 Å². The zero-order chi connectivity index (χ0) is 23.9. The van der Waals surface area contributed by atoms with Gasteiger partial charge in [0, 0.05) is 37.1 Å². The molecule has 0 atom stereocenters. The minimum absolute atomic E-state index is 0.0550. The molecule has 2 heterocycles. The normalized spacial score (nSPS) is 14.6. The number of hydrogen-bond acceptors (Lipinski definition) is 5. The Kier molecular flexibility index (Phi) is 5.64. The molecule has 4 rings (SSSR count). The number of piperazine rings is 1. The molecule has 1 saturated heterocycles. The number of aromatic nitrogens is 2. The number of anilines is 1. The zero-order valence-electron chi connectivity index (χ0n) is 17.0. The molecule has 0 unspecified atom stereocenters. The molecular formula is C22H17F5N4O2. The second kappa shape index (κ2) is 8.30. The first kappa shape index (κ1) is 22.4. The Morgan fingerprint density at radius 3 is 2.39 bits per heavy atom. The Labute approximate surface area is 184 Å². The van der Waals surface area contributed by atoms with E-state index in [4.69, 9.17) is 0 Å². The molecule has 0 bridgehead atoms. The predicted molar refractivity (Wildman–Crippen MR) is 111 cm³/mol. The molecule has 1 fully saturated rings. The third kappa shape index (κ3) is 3.94. The average molecular weight is 464 g/mol. The summed E-state index contributed by atoms with van der Waals surface area (Å²) in [4.78, 5) is 22.8. The molecule has 33 heavy (non-hydrogen) atoms. The van der Waals surface area contributed by atoms with Crippen LogP contribution in [0.5, 0.6) is 5.75 Å². The molecule has 0 radical (unpaired) electrons. The van der Waals surface area contributed by atoms with Gasteiger partial charge in [-0.15, -0.1) is 0 Å². The van der Waals surface area contributed by atoms with Crippen molar-refractivity contribution in [1.29, 1.82) is 0 Å². The first-order valence-corrected chi connectivity index (χ1v) is 9.82. The number of benzene rings is 2. The molecule has 2 aromatic carbocycles. The highest BCUT2D eigenvalue weighted by atomic mass is 19.4. The number of rotatable bonds is 3. The molecule has 6 nitrogen and oxygen atoms in total. The molecule has 0 saturated carbocycles. The van der Waals surface area contributed by atoms with Crippen molar-refractivity contribution in [1.82, 2.24) is 14.9 Å². The maximum Gasteiger partial charge on any atom is 0.417 e. The van der Waals surface area contributed by atoms with E-state index in [0.29, 0.717) is 6.07 Å². The van der Waals surface area contributed by atoms with Gasteiger partial charge in [-0.1, -0.05) is 12.6 Å². The monoisotopic (exact) mass is 464 g/mol. The smallest absolute Gasteiger partial charge is 0.417 e. The number of hydrogen-bond donors (Lipinski definition) is 1. The number of halogens is 5. The van der Waals surface area contributed by atoms with E-state index in [1.54, 1.807) is 4.90 Å². The summed E-state index contributed by atoms with van der Waals surface area (Å²) in [6.45, 7) is 4.44. The number of carbonyl (C=O) groups is 1. The van der Waals surface area contributed by atoms with Gasteiger partial charge in [-0.05, 0) is 24.3 Å². The van der Waals surface area contributed by atoms with Crippen LogP contribution in [0.4, 0.5) is 27.8 Å². The molecule has 1 N–H and O–H groups in total. The predicted octanol–water partition coefficient (Wildman–Crippen LogP) is 4.13. The number of aromatic hydroxyl groups is 1. The minimum atomic E-state index is -5.07. The Hall–Kier alpha value is -3.76. The third-order valence-electron chi connectivity index (χ3n) is 5.46. The van der Waals surface area contributed by atoms with E-state index in [-0.39, 0.29) is 43.3 Å². The SMILES string of the molecule is C=CC(=O)N1CCN(c2ncnc3c(F)c(-c4c(O)cccc4F)c(C(F)(F)F)cc23)CC1. The molecule has 172 valence electrons. The van der Waals surface area contributed by atoms with Crippen LogP contribution in [0.15, 0.2) is 43.2 Å². The van der Waals surface area contributed by atoms with E-state index in [1.165, 1.54) is 11.0 Å². The summed E-state index contributed by atoms with van der Waals surface area (Å²) < 4.78 is 71.9. The highest BCUT2D eigenvalue weighted by Crippen LogP contribution is 2.45. The van der Waals surface area contributed by atoms with Crippen molar-refractivity contribution in [3.05, 3.63) is 60.4 Å². The standard InChI is InChI=1S/C22H17F5N4O2/c1-2-16(33)30-6-8-31(9-7-30)21-12-10-13(22(25,26)27)17(19(24)20(12)28-11-29-21)18-14(23)4-3-5-15(18)32/h2-5,10-11,32H,1,6-9H2. The number of phenols is 1. The fraction of sp³-hybridized carbons (Fsp3) is 0.227. The highest BCUT2D eigenvalue weighted by molar-refractivity contribution is 5.95. The average Bonchev–Trinajstić information content (AvgIpc) is 2.78. The number of alkyl halides is 3. The Morgan fingerprint density at radius 1 is 1.09 bits per heavy atom. The van der Waals surface area contributed by atoms with E-state index in [1.807, 2.05) is 0 Å². The van der Waals surface area contributed by atoms with Crippen molar-refractivity contribution in [3.63, 3.8) is 0 Å². The second-order valence-electron chi connectivity index (χ2n) is 7.35. The minimum Gasteiger partial charge on any atom is -0.507 e. The number of nitrogens with zero attached hydrogens (tertiary/aromatic N) is 4. The van der Waals surface area contributed by atoms with Gasteiger partial charge in [0.2, 0.25) is 5.91 Å². The fourth-order valence-electron chi connectivity index (χ4n) is 3.90. The fourth-order valence-corrected chi connectivity index (χ4v) is 3.90. The molecule has 1 aromatic heterocycles. The quantitative estimate of drug-likeness (QED) is 0.466.